The van der Waals surface area contributed by atoms with Crippen LogP contribution in [0, 0.1) is 19.8 Å². The summed E-state index contributed by atoms with van der Waals surface area (Å²) in [5.74, 6) is 0.517. The Bertz CT molecular complexity index is 646. The highest BCUT2D eigenvalue weighted by Gasteiger charge is 2.17. The van der Waals surface area contributed by atoms with E-state index in [9.17, 15) is 4.79 Å². The normalized spacial score (nSPS) is 11.3. The van der Waals surface area contributed by atoms with Crippen LogP contribution in [0.3, 0.4) is 0 Å². The third-order valence-corrected chi connectivity index (χ3v) is 3.79. The summed E-state index contributed by atoms with van der Waals surface area (Å²) in [4.78, 5) is 16.8. The van der Waals surface area contributed by atoms with Crippen LogP contribution < -0.4 is 5.32 Å². The molecule has 0 aromatic carbocycles. The zero-order chi connectivity index (χ0) is 14.9. The van der Waals surface area contributed by atoms with E-state index >= 15 is 0 Å². The maximum Gasteiger partial charge on any atom is 0.270 e. The van der Waals surface area contributed by atoms with Crippen molar-refractivity contribution >= 4 is 27.5 Å². The molecule has 108 valence electrons. The quantitative estimate of drug-likeness (QED) is 0.928. The zero-order valence-corrected chi connectivity index (χ0v) is 13.9. The summed E-state index contributed by atoms with van der Waals surface area (Å²) < 4.78 is 2.77. The van der Waals surface area contributed by atoms with Gasteiger partial charge >= 0.3 is 0 Å². The van der Waals surface area contributed by atoms with Gasteiger partial charge in [0.2, 0.25) is 0 Å². The zero-order valence-electron chi connectivity index (χ0n) is 12.3. The van der Waals surface area contributed by atoms with Crippen molar-refractivity contribution in [2.75, 3.05) is 6.54 Å². The number of halogens is 1. The molecule has 1 N–H and O–H groups in total. The second kappa shape index (κ2) is 5.95. The number of aryl methyl sites for hydroxylation is 2. The van der Waals surface area contributed by atoms with E-state index in [0.29, 0.717) is 18.2 Å². The van der Waals surface area contributed by atoms with Crippen LogP contribution in [0.15, 0.2) is 16.7 Å². The van der Waals surface area contributed by atoms with Gasteiger partial charge in [0.15, 0.2) is 5.65 Å². The van der Waals surface area contributed by atoms with Crippen LogP contribution in [-0.4, -0.2) is 21.8 Å². The van der Waals surface area contributed by atoms with Gasteiger partial charge in [0, 0.05) is 12.7 Å². The Hall–Kier alpha value is -1.36. The number of aromatic nitrogens is 2. The number of nitrogens with one attached hydrogen (secondary N) is 1. The first-order valence-electron chi connectivity index (χ1n) is 6.83. The Morgan fingerprint density at radius 1 is 1.45 bits per heavy atom. The van der Waals surface area contributed by atoms with Gasteiger partial charge in [0.05, 0.1) is 10.2 Å². The average Bonchev–Trinajstić information content (AvgIpc) is 2.65. The van der Waals surface area contributed by atoms with E-state index < -0.39 is 0 Å². The van der Waals surface area contributed by atoms with Crippen molar-refractivity contribution in [3.63, 3.8) is 0 Å². The molecule has 20 heavy (non-hydrogen) atoms. The van der Waals surface area contributed by atoms with E-state index in [2.05, 4.69) is 40.1 Å². The minimum absolute atomic E-state index is 0.0619. The Kier molecular flexibility index (Phi) is 4.48. The average molecular weight is 338 g/mol. The molecule has 2 aromatic heterocycles. The fourth-order valence-electron chi connectivity index (χ4n) is 2.18. The van der Waals surface area contributed by atoms with Gasteiger partial charge in [-0.25, -0.2) is 4.98 Å². The van der Waals surface area contributed by atoms with E-state index in [0.717, 1.165) is 27.8 Å². The SMILES string of the molecule is Cc1cc(Br)c2nc(C)c(C(=O)NCCC(C)C)n2c1. The van der Waals surface area contributed by atoms with Crippen LogP contribution >= 0.6 is 15.9 Å². The molecule has 1 amide bonds. The lowest BCUT2D eigenvalue weighted by Gasteiger charge is -2.08. The summed E-state index contributed by atoms with van der Waals surface area (Å²) in [7, 11) is 0. The van der Waals surface area contributed by atoms with Crippen molar-refractivity contribution in [3.8, 4) is 0 Å². The summed E-state index contributed by atoms with van der Waals surface area (Å²) in [6, 6.07) is 2.00. The van der Waals surface area contributed by atoms with Gasteiger partial charge in [0.25, 0.3) is 5.91 Å². The summed E-state index contributed by atoms with van der Waals surface area (Å²) >= 11 is 3.50. The molecular weight excluding hydrogens is 318 g/mol. The Labute approximate surface area is 127 Å². The highest BCUT2D eigenvalue weighted by molar-refractivity contribution is 9.10. The summed E-state index contributed by atoms with van der Waals surface area (Å²) in [5.41, 5.74) is 3.23. The summed E-state index contributed by atoms with van der Waals surface area (Å²) in [6.45, 7) is 8.85. The molecule has 2 aromatic rings. The number of hydrogen-bond donors (Lipinski definition) is 1. The molecule has 0 radical (unpaired) electrons. The Morgan fingerprint density at radius 3 is 2.80 bits per heavy atom. The van der Waals surface area contributed by atoms with Gasteiger partial charge in [0.1, 0.15) is 5.69 Å². The summed E-state index contributed by atoms with van der Waals surface area (Å²) in [5, 5.41) is 2.97. The van der Waals surface area contributed by atoms with Crippen LogP contribution in [0.1, 0.15) is 42.0 Å². The van der Waals surface area contributed by atoms with Crippen LogP contribution in [-0.2, 0) is 0 Å². The standard InChI is InChI=1S/C15H20BrN3O/c1-9(2)5-6-17-15(20)13-11(4)18-14-12(16)7-10(3)8-19(13)14/h7-9H,5-6H2,1-4H3,(H,17,20). The molecule has 0 fully saturated rings. The molecule has 0 saturated carbocycles. The van der Waals surface area contributed by atoms with E-state index in [1.54, 1.807) is 0 Å². The van der Waals surface area contributed by atoms with Crippen LogP contribution in [0.2, 0.25) is 0 Å². The molecule has 0 aliphatic carbocycles. The lowest BCUT2D eigenvalue weighted by molar-refractivity contribution is 0.0945. The van der Waals surface area contributed by atoms with Crippen molar-refractivity contribution < 1.29 is 4.79 Å². The van der Waals surface area contributed by atoms with E-state index in [-0.39, 0.29) is 5.91 Å². The molecule has 0 spiro atoms. The Balaban J connectivity index is 2.34. The minimum atomic E-state index is -0.0619. The van der Waals surface area contributed by atoms with Crippen molar-refractivity contribution in [3.05, 3.63) is 33.7 Å². The Morgan fingerprint density at radius 2 is 2.15 bits per heavy atom. The van der Waals surface area contributed by atoms with Gasteiger partial charge in [-0.1, -0.05) is 13.8 Å². The van der Waals surface area contributed by atoms with Gasteiger partial charge in [-0.3, -0.25) is 9.20 Å². The lowest BCUT2D eigenvalue weighted by atomic mass is 10.1. The van der Waals surface area contributed by atoms with Gasteiger partial charge in [-0.2, -0.15) is 0 Å². The van der Waals surface area contributed by atoms with E-state index in [1.807, 2.05) is 30.5 Å². The number of carbonyl (C=O) groups is 1. The fourth-order valence-corrected chi connectivity index (χ4v) is 2.82. The first kappa shape index (κ1) is 15.0. The van der Waals surface area contributed by atoms with Crippen molar-refractivity contribution in [1.82, 2.24) is 14.7 Å². The van der Waals surface area contributed by atoms with Gasteiger partial charge in [-0.05, 0) is 53.7 Å². The highest BCUT2D eigenvalue weighted by atomic mass is 79.9. The lowest BCUT2D eigenvalue weighted by Crippen LogP contribution is -2.27. The number of pyridine rings is 1. The maximum atomic E-state index is 12.4. The fraction of sp³-hybridized carbons (Fsp3) is 0.467. The van der Waals surface area contributed by atoms with Crippen LogP contribution in [0.4, 0.5) is 0 Å². The second-order valence-corrected chi connectivity index (χ2v) is 6.40. The number of imidazole rings is 1. The summed E-state index contributed by atoms with van der Waals surface area (Å²) in [6.07, 6.45) is 2.92. The first-order chi connectivity index (χ1) is 9.40. The molecule has 0 aliphatic rings. The number of hydrogen-bond acceptors (Lipinski definition) is 2. The smallest absolute Gasteiger partial charge is 0.270 e. The highest BCUT2D eigenvalue weighted by Crippen LogP contribution is 2.22. The number of fused-ring (bicyclic) bond motifs is 1. The second-order valence-electron chi connectivity index (χ2n) is 5.54. The molecule has 4 nitrogen and oxygen atoms in total. The van der Waals surface area contributed by atoms with Crippen molar-refractivity contribution in [2.24, 2.45) is 5.92 Å². The predicted octanol–water partition coefficient (Wildman–Crippen LogP) is 3.49. The molecule has 0 aliphatic heterocycles. The topological polar surface area (TPSA) is 46.4 Å². The monoisotopic (exact) mass is 337 g/mol. The number of nitrogens with zero attached hydrogens (tertiary/aromatic N) is 2. The molecule has 0 atom stereocenters. The molecule has 0 bridgehead atoms. The predicted molar refractivity (Wildman–Crippen MR) is 84.2 cm³/mol. The number of rotatable bonds is 4. The number of amides is 1. The molecule has 5 heteroatoms. The first-order valence-corrected chi connectivity index (χ1v) is 7.62. The third-order valence-electron chi connectivity index (χ3n) is 3.21. The number of carbonyl (C=O) groups excluding carboxylic acids is 1. The molecule has 2 heterocycles. The van der Waals surface area contributed by atoms with E-state index in [1.165, 1.54) is 0 Å². The molecule has 2 rings (SSSR count). The maximum absolute atomic E-state index is 12.4. The van der Waals surface area contributed by atoms with Gasteiger partial charge in [-0.15, -0.1) is 0 Å². The largest absolute Gasteiger partial charge is 0.351 e. The van der Waals surface area contributed by atoms with Crippen LogP contribution in [0.5, 0.6) is 0 Å². The van der Waals surface area contributed by atoms with Gasteiger partial charge < -0.3 is 5.32 Å². The molecular formula is C15H20BrN3O. The molecule has 0 unspecified atom stereocenters. The third kappa shape index (κ3) is 3.03. The van der Waals surface area contributed by atoms with E-state index in [4.69, 9.17) is 0 Å². The minimum Gasteiger partial charge on any atom is -0.351 e. The van der Waals surface area contributed by atoms with Crippen molar-refractivity contribution in [2.45, 2.75) is 34.1 Å². The van der Waals surface area contributed by atoms with Crippen molar-refractivity contribution in [1.29, 1.82) is 0 Å². The molecule has 0 saturated heterocycles. The van der Waals surface area contributed by atoms with Crippen LogP contribution in [0.25, 0.3) is 5.65 Å².